The largest absolute Gasteiger partial charge is 0.448 e. The van der Waals surface area contributed by atoms with Crippen LogP contribution in [0.2, 0.25) is 0 Å². The van der Waals surface area contributed by atoms with Crippen LogP contribution in [0.15, 0.2) is 0 Å². The molecule has 0 aromatic carbocycles. The molecule has 0 spiro atoms. The van der Waals surface area contributed by atoms with E-state index in [0.717, 1.165) is 13.0 Å². The van der Waals surface area contributed by atoms with Gasteiger partial charge in [-0.05, 0) is 61.3 Å². The van der Waals surface area contributed by atoms with Gasteiger partial charge in [0.2, 0.25) is 5.91 Å². The number of hydrogen-bond donors (Lipinski definition) is 0. The summed E-state index contributed by atoms with van der Waals surface area (Å²) in [7, 11) is 0. The van der Waals surface area contributed by atoms with Gasteiger partial charge in [0.25, 0.3) is 0 Å². The van der Waals surface area contributed by atoms with Crippen LogP contribution in [0.4, 0.5) is 9.59 Å². The van der Waals surface area contributed by atoms with Gasteiger partial charge in [-0.15, -0.1) is 0 Å². The fraction of sp³-hybridized carbons (Fsp3) is 0.864. The van der Waals surface area contributed by atoms with E-state index in [1.165, 1.54) is 0 Å². The van der Waals surface area contributed by atoms with Crippen molar-refractivity contribution in [3.8, 4) is 0 Å². The number of hydrogen-bond acceptors (Lipinski definition) is 4. The second kappa shape index (κ2) is 7.61. The monoisotopic (exact) mass is 422 g/mol. The summed E-state index contributed by atoms with van der Waals surface area (Å²) >= 11 is 0. The standard InChI is InChI=1S/C22H38N4O4/c1-20(2,3)24-9-8-16(17(24)27)14-21(4,5)25-11-10-23(18(25)28)15-22(6,7)26-12-13-30-19(26)29/h16H,8-15H2,1-7H3. The molecule has 3 rings (SSSR count). The van der Waals surface area contributed by atoms with Gasteiger partial charge in [0.05, 0.1) is 12.1 Å². The molecule has 30 heavy (non-hydrogen) atoms. The molecule has 0 aromatic rings. The van der Waals surface area contributed by atoms with Crippen LogP contribution in [0, 0.1) is 5.92 Å². The fourth-order valence-corrected chi connectivity index (χ4v) is 5.09. The minimum Gasteiger partial charge on any atom is -0.448 e. The van der Waals surface area contributed by atoms with Gasteiger partial charge >= 0.3 is 12.1 Å². The maximum absolute atomic E-state index is 13.2. The van der Waals surface area contributed by atoms with Crippen molar-refractivity contribution < 1.29 is 19.1 Å². The number of carbonyl (C=O) groups is 3. The van der Waals surface area contributed by atoms with Gasteiger partial charge in [-0.3, -0.25) is 9.69 Å². The highest BCUT2D eigenvalue weighted by molar-refractivity contribution is 5.82. The molecule has 1 unspecified atom stereocenters. The van der Waals surface area contributed by atoms with Crippen LogP contribution in [0.1, 0.15) is 61.3 Å². The summed E-state index contributed by atoms with van der Waals surface area (Å²) in [6.07, 6.45) is 1.20. The molecule has 3 aliphatic rings. The molecular weight excluding hydrogens is 384 g/mol. The van der Waals surface area contributed by atoms with Crippen molar-refractivity contribution in [3.05, 3.63) is 0 Å². The summed E-state index contributed by atoms with van der Waals surface area (Å²) in [5.74, 6) is 0.157. The summed E-state index contributed by atoms with van der Waals surface area (Å²) in [5.41, 5.74) is -1.06. The number of nitrogens with zero attached hydrogens (tertiary/aromatic N) is 4. The highest BCUT2D eigenvalue weighted by Gasteiger charge is 2.46. The van der Waals surface area contributed by atoms with Crippen LogP contribution in [-0.4, -0.2) is 93.6 Å². The molecule has 3 aliphatic heterocycles. The molecule has 3 fully saturated rings. The molecule has 3 saturated heterocycles. The van der Waals surface area contributed by atoms with Crippen LogP contribution >= 0.6 is 0 Å². The predicted octanol–water partition coefficient (Wildman–Crippen LogP) is 2.77. The molecule has 0 saturated carbocycles. The SMILES string of the molecule is CC(C)(C)N1CCC(CC(C)(C)N2CCN(CC(C)(C)N3CCOC3=O)C2=O)C1=O. The molecule has 170 valence electrons. The molecule has 8 heteroatoms. The van der Waals surface area contributed by atoms with E-state index in [9.17, 15) is 14.4 Å². The lowest BCUT2D eigenvalue weighted by atomic mass is 9.88. The lowest BCUT2D eigenvalue weighted by molar-refractivity contribution is -0.135. The Labute approximate surface area is 180 Å². The molecule has 0 radical (unpaired) electrons. The van der Waals surface area contributed by atoms with Crippen molar-refractivity contribution in [1.29, 1.82) is 0 Å². The predicted molar refractivity (Wildman–Crippen MR) is 114 cm³/mol. The Morgan fingerprint density at radius 1 is 0.833 bits per heavy atom. The Balaban J connectivity index is 1.63. The molecule has 8 nitrogen and oxygen atoms in total. The van der Waals surface area contributed by atoms with Crippen molar-refractivity contribution in [2.45, 2.75) is 77.9 Å². The van der Waals surface area contributed by atoms with Crippen LogP contribution < -0.4 is 0 Å². The van der Waals surface area contributed by atoms with E-state index in [-0.39, 0.29) is 29.5 Å². The van der Waals surface area contributed by atoms with E-state index in [1.54, 1.807) is 4.90 Å². The van der Waals surface area contributed by atoms with Crippen molar-refractivity contribution in [3.63, 3.8) is 0 Å². The van der Waals surface area contributed by atoms with Crippen LogP contribution in [0.5, 0.6) is 0 Å². The number of cyclic esters (lactones) is 1. The first-order chi connectivity index (χ1) is 13.7. The molecular formula is C22H38N4O4. The average molecular weight is 423 g/mol. The zero-order chi connectivity index (χ0) is 22.5. The van der Waals surface area contributed by atoms with E-state index in [2.05, 4.69) is 34.6 Å². The van der Waals surface area contributed by atoms with Crippen molar-refractivity contribution >= 4 is 18.0 Å². The molecule has 1 atom stereocenters. The number of amides is 4. The smallest absolute Gasteiger partial charge is 0.410 e. The first-order valence-electron chi connectivity index (χ1n) is 11.1. The Kier molecular flexibility index (Phi) is 5.75. The number of likely N-dealkylation sites (tertiary alicyclic amines) is 1. The number of rotatable bonds is 6. The van der Waals surface area contributed by atoms with E-state index in [0.29, 0.717) is 39.2 Å². The van der Waals surface area contributed by atoms with Gasteiger partial charge in [0, 0.05) is 43.2 Å². The van der Waals surface area contributed by atoms with Gasteiger partial charge in [0.1, 0.15) is 6.61 Å². The lowest BCUT2D eigenvalue weighted by Gasteiger charge is -2.39. The zero-order valence-corrected chi connectivity index (χ0v) is 19.7. The third-order valence-corrected chi connectivity index (χ3v) is 6.77. The normalized spacial score (nSPS) is 23.8. The average Bonchev–Trinajstić information content (AvgIpc) is 3.28. The Bertz CT molecular complexity index is 712. The van der Waals surface area contributed by atoms with Gasteiger partial charge < -0.3 is 19.4 Å². The number of carbonyl (C=O) groups excluding carboxylic acids is 3. The quantitative estimate of drug-likeness (QED) is 0.660. The van der Waals surface area contributed by atoms with E-state index >= 15 is 0 Å². The van der Waals surface area contributed by atoms with Gasteiger partial charge in [-0.25, -0.2) is 9.59 Å². The third-order valence-electron chi connectivity index (χ3n) is 6.77. The fourth-order valence-electron chi connectivity index (χ4n) is 5.09. The molecule has 0 N–H and O–H groups in total. The third kappa shape index (κ3) is 4.23. The van der Waals surface area contributed by atoms with Crippen molar-refractivity contribution in [2.75, 3.05) is 39.3 Å². The van der Waals surface area contributed by atoms with E-state index in [4.69, 9.17) is 4.74 Å². The molecule has 0 aliphatic carbocycles. The first kappa shape index (κ1) is 22.7. The zero-order valence-electron chi connectivity index (χ0n) is 19.7. The van der Waals surface area contributed by atoms with Gasteiger partial charge in [-0.2, -0.15) is 0 Å². The molecule has 4 amide bonds. The van der Waals surface area contributed by atoms with Crippen LogP contribution in [0.25, 0.3) is 0 Å². The first-order valence-corrected chi connectivity index (χ1v) is 11.1. The minimum atomic E-state index is -0.488. The maximum Gasteiger partial charge on any atom is 0.410 e. The summed E-state index contributed by atoms with van der Waals surface area (Å²) in [6, 6.07) is -0.0150. The topological polar surface area (TPSA) is 73.4 Å². The Morgan fingerprint density at radius 3 is 2.03 bits per heavy atom. The summed E-state index contributed by atoms with van der Waals surface area (Å²) in [4.78, 5) is 45.5. The summed E-state index contributed by atoms with van der Waals surface area (Å²) < 4.78 is 5.07. The van der Waals surface area contributed by atoms with Crippen molar-refractivity contribution in [1.82, 2.24) is 19.6 Å². The van der Waals surface area contributed by atoms with E-state index < -0.39 is 11.1 Å². The molecule has 0 aromatic heterocycles. The Morgan fingerprint density at radius 2 is 1.50 bits per heavy atom. The van der Waals surface area contributed by atoms with Crippen LogP contribution in [0.3, 0.4) is 0 Å². The summed E-state index contributed by atoms with van der Waals surface area (Å²) in [5, 5.41) is 0. The number of ether oxygens (including phenoxy) is 1. The Hall–Kier alpha value is -1.99. The highest BCUT2D eigenvalue weighted by Crippen LogP contribution is 2.35. The molecule has 3 heterocycles. The second-order valence-electron chi connectivity index (χ2n) is 11.1. The van der Waals surface area contributed by atoms with Gasteiger partial charge in [0.15, 0.2) is 0 Å². The second-order valence-corrected chi connectivity index (χ2v) is 11.1. The number of urea groups is 1. The highest BCUT2D eigenvalue weighted by atomic mass is 16.6. The van der Waals surface area contributed by atoms with Crippen molar-refractivity contribution in [2.24, 2.45) is 5.92 Å². The lowest BCUT2D eigenvalue weighted by Crippen LogP contribution is -2.54. The molecule has 0 bridgehead atoms. The maximum atomic E-state index is 13.2. The summed E-state index contributed by atoms with van der Waals surface area (Å²) in [6.45, 7) is 17.7. The van der Waals surface area contributed by atoms with Gasteiger partial charge in [-0.1, -0.05) is 0 Å². The minimum absolute atomic E-state index is 0.0150. The van der Waals surface area contributed by atoms with E-state index in [1.807, 2.05) is 28.5 Å². The van der Waals surface area contributed by atoms with Crippen LogP contribution in [-0.2, 0) is 9.53 Å².